The van der Waals surface area contributed by atoms with E-state index in [1.54, 1.807) is 0 Å². The van der Waals surface area contributed by atoms with Crippen molar-refractivity contribution >= 4 is 0 Å². The molecular formula is C18H21F2N. The summed E-state index contributed by atoms with van der Waals surface area (Å²) in [5, 5.41) is 3.25. The Morgan fingerprint density at radius 1 is 1.05 bits per heavy atom. The second-order valence-electron chi connectivity index (χ2n) is 5.15. The molecule has 2 aromatic rings. The van der Waals surface area contributed by atoms with E-state index in [1.165, 1.54) is 17.7 Å². The summed E-state index contributed by atoms with van der Waals surface area (Å²) in [6.45, 7) is 4.76. The van der Waals surface area contributed by atoms with Gasteiger partial charge in [-0.05, 0) is 42.3 Å². The summed E-state index contributed by atoms with van der Waals surface area (Å²) in [6.07, 6.45) is 2.04. The molecule has 0 aliphatic heterocycles. The largest absolute Gasteiger partial charge is 0.306 e. The van der Waals surface area contributed by atoms with Crippen LogP contribution in [0.2, 0.25) is 0 Å². The summed E-state index contributed by atoms with van der Waals surface area (Å²) in [5.74, 6) is -0.803. The van der Waals surface area contributed by atoms with Gasteiger partial charge in [-0.3, -0.25) is 0 Å². The first kappa shape index (κ1) is 15.6. The van der Waals surface area contributed by atoms with Crippen LogP contribution in [0.25, 0.3) is 0 Å². The van der Waals surface area contributed by atoms with Crippen molar-refractivity contribution in [3.05, 3.63) is 70.8 Å². The van der Waals surface area contributed by atoms with Crippen molar-refractivity contribution < 1.29 is 8.78 Å². The van der Waals surface area contributed by atoms with Gasteiger partial charge < -0.3 is 5.32 Å². The molecule has 1 N–H and O–H groups in total. The van der Waals surface area contributed by atoms with E-state index in [9.17, 15) is 8.78 Å². The van der Waals surface area contributed by atoms with E-state index in [2.05, 4.69) is 24.4 Å². The molecule has 0 radical (unpaired) electrons. The van der Waals surface area contributed by atoms with Crippen molar-refractivity contribution in [2.75, 3.05) is 6.54 Å². The Morgan fingerprint density at radius 3 is 2.57 bits per heavy atom. The molecular weight excluding hydrogens is 268 g/mol. The standard InChI is InChI=1S/C18H21F2N/c1-3-6-13-7-5-8-14(11-13)18(21-4-2)16-12-15(19)9-10-17(16)20/h5,7-12,18,21H,3-4,6H2,1-2H3. The number of rotatable bonds is 6. The Kier molecular flexibility index (Phi) is 5.45. The van der Waals surface area contributed by atoms with Crippen LogP contribution in [-0.2, 0) is 6.42 Å². The highest BCUT2D eigenvalue weighted by Crippen LogP contribution is 2.26. The first-order valence-corrected chi connectivity index (χ1v) is 7.42. The quantitative estimate of drug-likeness (QED) is 0.818. The fraction of sp³-hybridized carbons (Fsp3) is 0.333. The van der Waals surface area contributed by atoms with E-state index < -0.39 is 5.82 Å². The van der Waals surface area contributed by atoms with Crippen molar-refractivity contribution in [3.8, 4) is 0 Å². The van der Waals surface area contributed by atoms with Crippen LogP contribution in [0.5, 0.6) is 0 Å². The van der Waals surface area contributed by atoms with Gasteiger partial charge in [0.1, 0.15) is 11.6 Å². The number of aryl methyl sites for hydroxylation is 1. The lowest BCUT2D eigenvalue weighted by Gasteiger charge is -2.20. The van der Waals surface area contributed by atoms with Gasteiger partial charge in [0.25, 0.3) is 0 Å². The van der Waals surface area contributed by atoms with Crippen LogP contribution in [0.1, 0.15) is 43.0 Å². The van der Waals surface area contributed by atoms with Crippen molar-refractivity contribution in [2.45, 2.75) is 32.7 Å². The van der Waals surface area contributed by atoms with Gasteiger partial charge in [-0.15, -0.1) is 0 Å². The van der Waals surface area contributed by atoms with Crippen LogP contribution in [0.3, 0.4) is 0 Å². The third kappa shape index (κ3) is 3.88. The minimum atomic E-state index is -0.418. The van der Waals surface area contributed by atoms with E-state index in [4.69, 9.17) is 0 Å². The summed E-state index contributed by atoms with van der Waals surface area (Å²) in [6, 6.07) is 11.3. The van der Waals surface area contributed by atoms with E-state index in [0.29, 0.717) is 12.1 Å². The van der Waals surface area contributed by atoms with Gasteiger partial charge in [-0.2, -0.15) is 0 Å². The van der Waals surface area contributed by atoms with Gasteiger partial charge in [0.05, 0.1) is 6.04 Å². The van der Waals surface area contributed by atoms with Crippen LogP contribution >= 0.6 is 0 Å². The average Bonchev–Trinajstić information content (AvgIpc) is 2.48. The molecule has 1 atom stereocenters. The Hall–Kier alpha value is -1.74. The van der Waals surface area contributed by atoms with Gasteiger partial charge in [0.15, 0.2) is 0 Å². The molecule has 0 bridgehead atoms. The van der Waals surface area contributed by atoms with E-state index in [-0.39, 0.29) is 11.9 Å². The third-order valence-electron chi connectivity index (χ3n) is 3.50. The molecule has 0 heterocycles. The minimum Gasteiger partial charge on any atom is -0.306 e. The van der Waals surface area contributed by atoms with Crippen molar-refractivity contribution in [2.24, 2.45) is 0 Å². The molecule has 0 fully saturated rings. The summed E-state index contributed by atoms with van der Waals surface area (Å²) < 4.78 is 27.5. The fourth-order valence-corrected chi connectivity index (χ4v) is 2.56. The van der Waals surface area contributed by atoms with Crippen LogP contribution in [0.4, 0.5) is 8.78 Å². The predicted octanol–water partition coefficient (Wildman–Crippen LogP) is 4.62. The molecule has 3 heteroatoms. The summed E-state index contributed by atoms with van der Waals surface area (Å²) >= 11 is 0. The first-order valence-electron chi connectivity index (χ1n) is 7.42. The number of halogens is 2. The van der Waals surface area contributed by atoms with Gasteiger partial charge in [-0.1, -0.05) is 44.5 Å². The maximum Gasteiger partial charge on any atom is 0.128 e. The van der Waals surface area contributed by atoms with E-state index in [1.807, 2.05) is 19.1 Å². The predicted molar refractivity (Wildman–Crippen MR) is 82.3 cm³/mol. The molecule has 1 unspecified atom stereocenters. The molecule has 0 saturated carbocycles. The monoisotopic (exact) mass is 289 g/mol. The minimum absolute atomic E-state index is 0.331. The molecule has 0 saturated heterocycles. The smallest absolute Gasteiger partial charge is 0.128 e. The Morgan fingerprint density at radius 2 is 1.86 bits per heavy atom. The highest BCUT2D eigenvalue weighted by molar-refractivity contribution is 5.35. The van der Waals surface area contributed by atoms with Crippen molar-refractivity contribution in [1.29, 1.82) is 0 Å². The normalized spacial score (nSPS) is 12.4. The first-order chi connectivity index (χ1) is 10.2. The Balaban J connectivity index is 2.42. The maximum absolute atomic E-state index is 14.1. The molecule has 0 amide bonds. The van der Waals surface area contributed by atoms with Crippen LogP contribution in [0.15, 0.2) is 42.5 Å². The molecule has 0 spiro atoms. The summed E-state index contributed by atoms with van der Waals surface area (Å²) in [5.41, 5.74) is 2.53. The topological polar surface area (TPSA) is 12.0 Å². The SMILES string of the molecule is CCCc1cccc(C(NCC)c2cc(F)ccc2F)c1. The lowest BCUT2D eigenvalue weighted by atomic mass is 9.95. The van der Waals surface area contributed by atoms with E-state index >= 15 is 0 Å². The van der Waals surface area contributed by atoms with Crippen molar-refractivity contribution in [3.63, 3.8) is 0 Å². The molecule has 0 aliphatic carbocycles. The zero-order valence-electron chi connectivity index (χ0n) is 12.5. The zero-order valence-corrected chi connectivity index (χ0v) is 12.5. The lowest BCUT2D eigenvalue weighted by molar-refractivity contribution is 0.544. The van der Waals surface area contributed by atoms with Gasteiger partial charge in [0, 0.05) is 5.56 Å². The zero-order chi connectivity index (χ0) is 15.2. The molecule has 112 valence electrons. The summed E-state index contributed by atoms with van der Waals surface area (Å²) in [7, 11) is 0. The number of nitrogens with one attached hydrogen (secondary N) is 1. The van der Waals surface area contributed by atoms with Crippen molar-refractivity contribution in [1.82, 2.24) is 5.32 Å². The van der Waals surface area contributed by atoms with Crippen LogP contribution < -0.4 is 5.32 Å². The number of hydrogen-bond donors (Lipinski definition) is 1. The molecule has 21 heavy (non-hydrogen) atoms. The molecule has 0 aliphatic rings. The van der Waals surface area contributed by atoms with Crippen LogP contribution in [-0.4, -0.2) is 6.54 Å². The number of benzene rings is 2. The van der Waals surface area contributed by atoms with E-state index in [0.717, 1.165) is 24.5 Å². The Labute approximate surface area is 125 Å². The number of hydrogen-bond acceptors (Lipinski definition) is 1. The molecule has 0 aromatic heterocycles. The molecule has 2 rings (SSSR count). The third-order valence-corrected chi connectivity index (χ3v) is 3.50. The highest BCUT2D eigenvalue weighted by atomic mass is 19.1. The fourth-order valence-electron chi connectivity index (χ4n) is 2.56. The average molecular weight is 289 g/mol. The second-order valence-corrected chi connectivity index (χ2v) is 5.15. The summed E-state index contributed by atoms with van der Waals surface area (Å²) in [4.78, 5) is 0. The van der Waals surface area contributed by atoms with Crippen LogP contribution in [0, 0.1) is 11.6 Å². The molecule has 1 nitrogen and oxygen atoms in total. The van der Waals surface area contributed by atoms with Gasteiger partial charge in [0.2, 0.25) is 0 Å². The maximum atomic E-state index is 14.1. The second kappa shape index (κ2) is 7.32. The lowest BCUT2D eigenvalue weighted by Crippen LogP contribution is -2.23. The van der Waals surface area contributed by atoms with Gasteiger partial charge >= 0.3 is 0 Å². The Bertz CT molecular complexity index is 596. The highest BCUT2D eigenvalue weighted by Gasteiger charge is 2.18. The molecule has 2 aromatic carbocycles. The van der Waals surface area contributed by atoms with Gasteiger partial charge in [-0.25, -0.2) is 8.78 Å².